The molecule has 3 N–H and O–H groups in total. The monoisotopic (exact) mass is 438 g/mol. The molecule has 0 atom stereocenters. The van der Waals surface area contributed by atoms with Gasteiger partial charge in [-0.05, 0) is 25.2 Å². The van der Waals surface area contributed by atoms with Gasteiger partial charge in [-0.2, -0.15) is 0 Å². The summed E-state index contributed by atoms with van der Waals surface area (Å²) >= 11 is 0. The van der Waals surface area contributed by atoms with E-state index in [0.717, 1.165) is 31.3 Å². The summed E-state index contributed by atoms with van der Waals surface area (Å²) < 4.78 is 0. The number of carbonyl (C=O) groups excluding carboxylic acids is 1. The predicted octanol–water partition coefficient (Wildman–Crippen LogP) is 2.90. The Hall–Kier alpha value is -0.530. The Kier molecular flexibility index (Phi) is 13.5. The molecular weight excluding hydrogens is 403 g/mol. The Balaban J connectivity index is 0.00000484. The van der Waals surface area contributed by atoms with Crippen LogP contribution < -0.4 is 16.0 Å². The topological polar surface area (TPSA) is 65.5 Å². The van der Waals surface area contributed by atoms with Crippen LogP contribution in [0.15, 0.2) is 4.99 Å². The normalized spacial score (nSPS) is 14.3. The number of halogens is 1. The van der Waals surface area contributed by atoms with Crippen LogP contribution in [0.5, 0.6) is 0 Å². The Morgan fingerprint density at radius 1 is 1.00 bits per heavy atom. The standard InChI is InChI=1S/C17H34N4O.HI/c1-14(2)8-6-4-5-7-11-20-17(18-3)21-13-12-19-16(22)15-9-10-15;/h14-15H,4-13H2,1-3H3,(H,19,22)(H2,18,20,21);1H. The van der Waals surface area contributed by atoms with Crippen molar-refractivity contribution in [3.63, 3.8) is 0 Å². The lowest BCUT2D eigenvalue weighted by atomic mass is 10.0. The third-order valence-electron chi connectivity index (χ3n) is 3.89. The number of guanidine groups is 1. The number of rotatable bonds is 11. The molecule has 0 aromatic carbocycles. The zero-order chi connectivity index (χ0) is 16.2. The van der Waals surface area contributed by atoms with Gasteiger partial charge < -0.3 is 16.0 Å². The summed E-state index contributed by atoms with van der Waals surface area (Å²) in [4.78, 5) is 15.7. The average Bonchev–Trinajstić information content (AvgIpc) is 3.32. The molecular formula is C17H35IN4O. The molecule has 0 radical (unpaired) electrons. The summed E-state index contributed by atoms with van der Waals surface area (Å²) in [7, 11) is 1.78. The minimum atomic E-state index is 0. The van der Waals surface area contributed by atoms with E-state index in [1.54, 1.807) is 7.05 Å². The van der Waals surface area contributed by atoms with Crippen LogP contribution >= 0.6 is 24.0 Å². The summed E-state index contributed by atoms with van der Waals surface area (Å²) in [5.74, 6) is 2.13. The summed E-state index contributed by atoms with van der Waals surface area (Å²) in [6, 6.07) is 0. The number of nitrogens with zero attached hydrogens (tertiary/aromatic N) is 1. The predicted molar refractivity (Wildman–Crippen MR) is 108 cm³/mol. The number of hydrogen-bond donors (Lipinski definition) is 3. The van der Waals surface area contributed by atoms with Crippen LogP contribution in [-0.4, -0.2) is 38.5 Å². The Labute approximate surface area is 158 Å². The van der Waals surface area contributed by atoms with E-state index >= 15 is 0 Å². The number of unbranched alkanes of at least 4 members (excludes halogenated alkanes) is 3. The minimum absolute atomic E-state index is 0. The fourth-order valence-electron chi connectivity index (χ4n) is 2.32. The van der Waals surface area contributed by atoms with Gasteiger partial charge in [0.05, 0.1) is 0 Å². The van der Waals surface area contributed by atoms with E-state index in [1.165, 1.54) is 32.1 Å². The molecule has 0 heterocycles. The lowest BCUT2D eigenvalue weighted by Crippen LogP contribution is -2.42. The minimum Gasteiger partial charge on any atom is -0.356 e. The van der Waals surface area contributed by atoms with Crippen molar-refractivity contribution in [1.29, 1.82) is 0 Å². The summed E-state index contributed by atoms with van der Waals surface area (Å²) in [6.45, 7) is 6.89. The third kappa shape index (κ3) is 12.5. The van der Waals surface area contributed by atoms with Gasteiger partial charge in [-0.25, -0.2) is 0 Å². The maximum atomic E-state index is 11.5. The lowest BCUT2D eigenvalue weighted by Gasteiger charge is -2.12. The number of nitrogens with one attached hydrogen (secondary N) is 3. The molecule has 1 aliphatic carbocycles. The van der Waals surface area contributed by atoms with E-state index < -0.39 is 0 Å². The maximum absolute atomic E-state index is 11.5. The molecule has 0 unspecified atom stereocenters. The van der Waals surface area contributed by atoms with Crippen molar-refractivity contribution in [2.24, 2.45) is 16.8 Å². The molecule has 0 saturated heterocycles. The van der Waals surface area contributed by atoms with Gasteiger partial charge in [-0.1, -0.05) is 39.5 Å². The van der Waals surface area contributed by atoms with Crippen molar-refractivity contribution in [2.45, 2.75) is 58.8 Å². The highest BCUT2D eigenvalue weighted by molar-refractivity contribution is 14.0. The zero-order valence-corrected chi connectivity index (χ0v) is 17.3. The molecule has 1 saturated carbocycles. The van der Waals surface area contributed by atoms with Crippen molar-refractivity contribution in [3.05, 3.63) is 0 Å². The van der Waals surface area contributed by atoms with Crippen LogP contribution in [-0.2, 0) is 4.79 Å². The first-order valence-corrected chi connectivity index (χ1v) is 8.85. The highest BCUT2D eigenvalue weighted by atomic mass is 127. The van der Waals surface area contributed by atoms with Crippen LogP contribution in [0.25, 0.3) is 0 Å². The number of hydrogen-bond acceptors (Lipinski definition) is 2. The van der Waals surface area contributed by atoms with E-state index in [2.05, 4.69) is 34.8 Å². The van der Waals surface area contributed by atoms with Gasteiger partial charge in [0.15, 0.2) is 5.96 Å². The Morgan fingerprint density at radius 3 is 2.22 bits per heavy atom. The fourth-order valence-corrected chi connectivity index (χ4v) is 2.32. The molecule has 1 amide bonds. The number of carbonyl (C=O) groups is 1. The van der Waals surface area contributed by atoms with Crippen LogP contribution in [0.4, 0.5) is 0 Å². The molecule has 5 nitrogen and oxygen atoms in total. The molecule has 0 aliphatic heterocycles. The number of aliphatic imine (C=N–C) groups is 1. The van der Waals surface area contributed by atoms with Crippen LogP contribution in [0.3, 0.4) is 0 Å². The molecule has 0 spiro atoms. The highest BCUT2D eigenvalue weighted by Crippen LogP contribution is 2.28. The third-order valence-corrected chi connectivity index (χ3v) is 3.89. The second-order valence-corrected chi connectivity index (χ2v) is 6.59. The van der Waals surface area contributed by atoms with Crippen LogP contribution in [0.2, 0.25) is 0 Å². The quantitative estimate of drug-likeness (QED) is 0.201. The van der Waals surface area contributed by atoms with Gasteiger partial charge in [0, 0.05) is 32.6 Å². The molecule has 1 fully saturated rings. The summed E-state index contributed by atoms with van der Waals surface area (Å²) in [5.41, 5.74) is 0. The second-order valence-electron chi connectivity index (χ2n) is 6.59. The van der Waals surface area contributed by atoms with E-state index in [0.29, 0.717) is 13.1 Å². The zero-order valence-electron chi connectivity index (χ0n) is 15.0. The molecule has 6 heteroatoms. The molecule has 136 valence electrons. The van der Waals surface area contributed by atoms with Crippen LogP contribution in [0, 0.1) is 11.8 Å². The smallest absolute Gasteiger partial charge is 0.223 e. The summed E-state index contributed by atoms with van der Waals surface area (Å²) in [5, 5.41) is 9.48. The maximum Gasteiger partial charge on any atom is 0.223 e. The van der Waals surface area contributed by atoms with Gasteiger partial charge in [-0.3, -0.25) is 9.79 Å². The Morgan fingerprint density at radius 2 is 1.61 bits per heavy atom. The second kappa shape index (κ2) is 13.9. The summed E-state index contributed by atoms with van der Waals surface area (Å²) in [6.07, 6.45) is 8.55. The Bertz CT molecular complexity index is 343. The van der Waals surface area contributed by atoms with E-state index in [9.17, 15) is 4.79 Å². The van der Waals surface area contributed by atoms with Gasteiger partial charge in [-0.15, -0.1) is 24.0 Å². The highest BCUT2D eigenvalue weighted by Gasteiger charge is 2.28. The molecule has 0 aromatic rings. The van der Waals surface area contributed by atoms with Crippen molar-refractivity contribution >= 4 is 35.8 Å². The van der Waals surface area contributed by atoms with Gasteiger partial charge in [0.2, 0.25) is 5.91 Å². The first kappa shape index (κ1) is 22.5. The van der Waals surface area contributed by atoms with Crippen molar-refractivity contribution in [3.8, 4) is 0 Å². The molecule has 1 aliphatic rings. The van der Waals surface area contributed by atoms with Crippen molar-refractivity contribution in [1.82, 2.24) is 16.0 Å². The van der Waals surface area contributed by atoms with Crippen molar-refractivity contribution < 1.29 is 4.79 Å². The van der Waals surface area contributed by atoms with E-state index in [-0.39, 0.29) is 35.8 Å². The lowest BCUT2D eigenvalue weighted by molar-refractivity contribution is -0.122. The average molecular weight is 438 g/mol. The SMILES string of the molecule is CN=C(NCCCCCCC(C)C)NCCNC(=O)C1CC1.I. The van der Waals surface area contributed by atoms with E-state index in [1.807, 2.05) is 0 Å². The van der Waals surface area contributed by atoms with Gasteiger partial charge >= 0.3 is 0 Å². The molecule has 0 bridgehead atoms. The number of amides is 1. The van der Waals surface area contributed by atoms with Crippen LogP contribution in [0.1, 0.15) is 58.8 Å². The largest absolute Gasteiger partial charge is 0.356 e. The first-order chi connectivity index (χ1) is 10.6. The molecule has 0 aromatic heterocycles. The first-order valence-electron chi connectivity index (χ1n) is 8.85. The molecule has 23 heavy (non-hydrogen) atoms. The van der Waals surface area contributed by atoms with Gasteiger partial charge in [0.1, 0.15) is 0 Å². The van der Waals surface area contributed by atoms with Crippen molar-refractivity contribution in [2.75, 3.05) is 26.7 Å². The fraction of sp³-hybridized carbons (Fsp3) is 0.882. The van der Waals surface area contributed by atoms with E-state index in [4.69, 9.17) is 0 Å². The molecule has 1 rings (SSSR count). The van der Waals surface area contributed by atoms with Gasteiger partial charge in [0.25, 0.3) is 0 Å².